The summed E-state index contributed by atoms with van der Waals surface area (Å²) in [6.45, 7) is 0.891. The molecule has 1 unspecified atom stereocenters. The van der Waals surface area contributed by atoms with Gasteiger partial charge in [0.25, 0.3) is 5.91 Å². The lowest BCUT2D eigenvalue weighted by molar-refractivity contribution is -0.138. The van der Waals surface area contributed by atoms with Gasteiger partial charge in [-0.2, -0.15) is 18.4 Å². The number of carbonyl (C=O) groups excluding carboxylic acids is 1. The molecule has 1 aromatic heterocycles. The first kappa shape index (κ1) is 24.3. The largest absolute Gasteiger partial charge is 0.417 e. The molecule has 0 aliphatic carbocycles. The highest BCUT2D eigenvalue weighted by molar-refractivity contribution is 6.33. The molecule has 2 aromatic rings. The summed E-state index contributed by atoms with van der Waals surface area (Å²) in [6, 6.07) is 8.19. The molecular weight excluding hydrogens is 466 g/mol. The first-order valence-corrected chi connectivity index (χ1v) is 10.1. The maximum absolute atomic E-state index is 13.0. The quantitative estimate of drug-likeness (QED) is 0.354. The molecule has 1 aromatic carbocycles. The third kappa shape index (κ3) is 6.32. The molecule has 1 fully saturated rings. The van der Waals surface area contributed by atoms with E-state index in [1.54, 1.807) is 4.90 Å². The van der Waals surface area contributed by atoms with Crippen molar-refractivity contribution in [1.29, 1.82) is 5.26 Å². The Balaban J connectivity index is 1.48. The maximum Gasteiger partial charge on any atom is 0.417 e. The van der Waals surface area contributed by atoms with Crippen molar-refractivity contribution >= 4 is 29.5 Å². The molecule has 174 valence electrons. The standard InChI is InChI=1S/C21H18ClF4N5O2/c22-18-9-16(21(24,25)26)12-28-20(18)31-7-5-30(6-8-31)19(32)13-33-29-11-15(10-27)14-1-3-17(23)4-2-14/h1-4,9,11-12,15H,5-8,13H2/b29-11+. The summed E-state index contributed by atoms with van der Waals surface area (Å²) in [7, 11) is 0. The molecule has 7 nitrogen and oxygen atoms in total. The molecule has 1 aliphatic heterocycles. The number of hydrogen-bond acceptors (Lipinski definition) is 6. The summed E-state index contributed by atoms with van der Waals surface area (Å²) >= 11 is 5.98. The number of anilines is 1. The third-order valence-corrected chi connectivity index (χ3v) is 5.20. The Labute approximate surface area is 191 Å². The first-order chi connectivity index (χ1) is 15.7. The lowest BCUT2D eigenvalue weighted by Crippen LogP contribution is -2.50. The molecule has 0 saturated carbocycles. The van der Waals surface area contributed by atoms with Crippen molar-refractivity contribution in [2.45, 2.75) is 12.1 Å². The van der Waals surface area contributed by atoms with E-state index in [4.69, 9.17) is 16.4 Å². The molecule has 1 saturated heterocycles. The molecule has 0 N–H and O–H groups in total. The lowest BCUT2D eigenvalue weighted by Gasteiger charge is -2.35. The molecule has 0 bridgehead atoms. The first-order valence-electron chi connectivity index (χ1n) is 9.75. The van der Waals surface area contributed by atoms with Crippen LogP contribution in [0.2, 0.25) is 5.02 Å². The van der Waals surface area contributed by atoms with Gasteiger partial charge in [0.05, 0.1) is 22.9 Å². The van der Waals surface area contributed by atoms with Crippen LogP contribution in [0.25, 0.3) is 0 Å². The van der Waals surface area contributed by atoms with Crippen molar-refractivity contribution in [2.24, 2.45) is 5.16 Å². The summed E-state index contributed by atoms with van der Waals surface area (Å²) in [6.07, 6.45) is -2.59. The zero-order valence-corrected chi connectivity index (χ0v) is 17.9. The fourth-order valence-corrected chi connectivity index (χ4v) is 3.42. The molecule has 3 rings (SSSR count). The van der Waals surface area contributed by atoms with E-state index in [0.29, 0.717) is 31.7 Å². The van der Waals surface area contributed by atoms with Crippen LogP contribution in [0.5, 0.6) is 0 Å². The Hall–Kier alpha value is -3.39. The number of oxime groups is 1. The van der Waals surface area contributed by atoms with Crippen molar-refractivity contribution < 1.29 is 27.2 Å². The highest BCUT2D eigenvalue weighted by atomic mass is 35.5. The molecule has 1 amide bonds. The second-order valence-electron chi connectivity index (χ2n) is 7.08. The number of benzene rings is 1. The number of aromatic nitrogens is 1. The van der Waals surface area contributed by atoms with Crippen LogP contribution in [-0.2, 0) is 15.8 Å². The Morgan fingerprint density at radius 1 is 1.27 bits per heavy atom. The van der Waals surface area contributed by atoms with Crippen LogP contribution < -0.4 is 4.90 Å². The Kier molecular flexibility index (Phi) is 7.71. The minimum absolute atomic E-state index is 0.115. The molecule has 1 aliphatic rings. The molecule has 1 atom stereocenters. The number of piperazine rings is 1. The number of nitrogens with zero attached hydrogens (tertiary/aromatic N) is 5. The maximum atomic E-state index is 13.0. The summed E-state index contributed by atoms with van der Waals surface area (Å²) in [5.41, 5.74) is -0.398. The average molecular weight is 484 g/mol. The van der Waals surface area contributed by atoms with E-state index in [1.807, 2.05) is 6.07 Å². The summed E-state index contributed by atoms with van der Waals surface area (Å²) in [5.74, 6) is -1.30. The third-order valence-electron chi connectivity index (χ3n) is 4.92. The zero-order chi connectivity index (χ0) is 24.0. The number of rotatable bonds is 6. The lowest BCUT2D eigenvalue weighted by atomic mass is 10.0. The van der Waals surface area contributed by atoms with E-state index in [0.717, 1.165) is 12.3 Å². The monoisotopic (exact) mass is 483 g/mol. The molecule has 2 heterocycles. The average Bonchev–Trinajstić information content (AvgIpc) is 2.79. The van der Waals surface area contributed by atoms with E-state index in [1.165, 1.54) is 35.4 Å². The van der Waals surface area contributed by atoms with Gasteiger partial charge in [0, 0.05) is 32.4 Å². The normalized spacial score (nSPS) is 15.4. The Morgan fingerprint density at radius 3 is 2.52 bits per heavy atom. The van der Waals surface area contributed by atoms with E-state index < -0.39 is 23.5 Å². The molecule has 0 radical (unpaired) electrons. The van der Waals surface area contributed by atoms with Crippen molar-refractivity contribution in [1.82, 2.24) is 9.88 Å². The van der Waals surface area contributed by atoms with Crippen LogP contribution in [0.4, 0.5) is 23.4 Å². The van der Waals surface area contributed by atoms with E-state index in [9.17, 15) is 27.6 Å². The number of hydrogen-bond donors (Lipinski definition) is 0. The molecule has 33 heavy (non-hydrogen) atoms. The number of pyridine rings is 1. The second kappa shape index (κ2) is 10.5. The number of nitriles is 1. The minimum Gasteiger partial charge on any atom is -0.386 e. The van der Waals surface area contributed by atoms with Gasteiger partial charge in [-0.3, -0.25) is 4.79 Å². The number of alkyl halides is 3. The van der Waals surface area contributed by atoms with Crippen molar-refractivity contribution in [2.75, 3.05) is 37.7 Å². The van der Waals surface area contributed by atoms with Crippen LogP contribution in [0.3, 0.4) is 0 Å². The van der Waals surface area contributed by atoms with Gasteiger partial charge in [0.1, 0.15) is 17.6 Å². The number of amides is 1. The van der Waals surface area contributed by atoms with Crippen molar-refractivity contribution in [3.63, 3.8) is 0 Å². The van der Waals surface area contributed by atoms with Crippen LogP contribution in [-0.4, -0.2) is 54.8 Å². The summed E-state index contributed by atoms with van der Waals surface area (Å²) < 4.78 is 51.3. The Bertz CT molecular complexity index is 1050. The zero-order valence-electron chi connectivity index (χ0n) is 17.1. The summed E-state index contributed by atoms with van der Waals surface area (Å²) in [5, 5.41) is 12.8. The Morgan fingerprint density at radius 2 is 1.94 bits per heavy atom. The van der Waals surface area contributed by atoms with Gasteiger partial charge in [-0.15, -0.1) is 0 Å². The second-order valence-corrected chi connectivity index (χ2v) is 7.49. The SMILES string of the molecule is N#CC(/C=N/OCC(=O)N1CCN(c2ncc(C(F)(F)F)cc2Cl)CC1)c1ccc(F)cc1. The van der Waals surface area contributed by atoms with Gasteiger partial charge in [-0.25, -0.2) is 9.37 Å². The molecule has 12 heteroatoms. The number of carbonyl (C=O) groups is 1. The highest BCUT2D eigenvalue weighted by Crippen LogP contribution is 2.33. The van der Waals surface area contributed by atoms with Crippen LogP contribution >= 0.6 is 11.6 Å². The van der Waals surface area contributed by atoms with E-state index >= 15 is 0 Å². The van der Waals surface area contributed by atoms with E-state index in [-0.39, 0.29) is 23.4 Å². The van der Waals surface area contributed by atoms with Crippen molar-refractivity contribution in [3.05, 3.63) is 58.5 Å². The molecular formula is C21H18ClF4N5O2. The van der Waals surface area contributed by atoms with Crippen LogP contribution in [0, 0.1) is 17.1 Å². The van der Waals surface area contributed by atoms with Gasteiger partial charge < -0.3 is 14.6 Å². The number of halogens is 5. The molecule has 0 spiro atoms. The van der Waals surface area contributed by atoms with E-state index in [2.05, 4.69) is 10.1 Å². The van der Waals surface area contributed by atoms with Gasteiger partial charge >= 0.3 is 6.18 Å². The highest BCUT2D eigenvalue weighted by Gasteiger charge is 2.32. The minimum atomic E-state index is -4.53. The van der Waals surface area contributed by atoms with Crippen LogP contribution in [0.1, 0.15) is 17.0 Å². The van der Waals surface area contributed by atoms with Gasteiger partial charge in [-0.05, 0) is 23.8 Å². The fraction of sp³-hybridized carbons (Fsp3) is 0.333. The topological polar surface area (TPSA) is 81.8 Å². The smallest absolute Gasteiger partial charge is 0.386 e. The van der Waals surface area contributed by atoms with Crippen LogP contribution in [0.15, 0.2) is 41.7 Å². The van der Waals surface area contributed by atoms with Gasteiger partial charge in [0.15, 0.2) is 6.61 Å². The van der Waals surface area contributed by atoms with Gasteiger partial charge in [-0.1, -0.05) is 28.9 Å². The van der Waals surface area contributed by atoms with Gasteiger partial charge in [0.2, 0.25) is 0 Å². The van der Waals surface area contributed by atoms with Crippen molar-refractivity contribution in [3.8, 4) is 6.07 Å². The predicted octanol–water partition coefficient (Wildman–Crippen LogP) is 3.85. The fourth-order valence-electron chi connectivity index (χ4n) is 3.14. The summed E-state index contributed by atoms with van der Waals surface area (Å²) in [4.78, 5) is 24.4. The predicted molar refractivity (Wildman–Crippen MR) is 112 cm³/mol.